The van der Waals surface area contributed by atoms with Gasteiger partial charge < -0.3 is 9.47 Å². The van der Waals surface area contributed by atoms with E-state index in [0.717, 1.165) is 30.0 Å². The number of nitrogens with zero attached hydrogens (tertiary/aromatic N) is 4. The van der Waals surface area contributed by atoms with Crippen LogP contribution in [0.1, 0.15) is 42.4 Å². The van der Waals surface area contributed by atoms with E-state index in [4.69, 9.17) is 4.98 Å². The van der Waals surface area contributed by atoms with Gasteiger partial charge in [0, 0.05) is 24.8 Å². The fraction of sp³-hybridized carbons (Fsp3) is 0.381. The Labute approximate surface area is 171 Å². The second kappa shape index (κ2) is 7.99. The first-order valence-electron chi connectivity index (χ1n) is 9.61. The summed E-state index contributed by atoms with van der Waals surface area (Å²) >= 11 is 3.17. The molecule has 4 rings (SSSR count). The molecule has 1 amide bonds. The standard InChI is InChI=1S/C21H22BrFN4O/c1-2-10-26(21(28)15-7-8-17(23)16(22)11-15)13-19-25-18-4-3-9-24-20(18)27(19)12-14-5-6-14/h3-4,7-9,11,14H,2,5-6,10,12-13H2,1H3. The molecule has 2 heterocycles. The van der Waals surface area contributed by atoms with Crippen LogP contribution in [0.15, 0.2) is 41.0 Å². The summed E-state index contributed by atoms with van der Waals surface area (Å²) in [5.74, 6) is 1.02. The van der Waals surface area contributed by atoms with Crippen molar-refractivity contribution >= 4 is 33.0 Å². The van der Waals surface area contributed by atoms with Crippen molar-refractivity contribution in [2.24, 2.45) is 5.92 Å². The Balaban J connectivity index is 1.65. The largest absolute Gasteiger partial charge is 0.331 e. The second-order valence-electron chi connectivity index (χ2n) is 7.28. The van der Waals surface area contributed by atoms with E-state index in [1.807, 2.05) is 19.1 Å². The van der Waals surface area contributed by atoms with Crippen LogP contribution in [0.5, 0.6) is 0 Å². The van der Waals surface area contributed by atoms with Gasteiger partial charge in [-0.1, -0.05) is 6.92 Å². The summed E-state index contributed by atoms with van der Waals surface area (Å²) in [6.07, 6.45) is 5.07. The first-order chi connectivity index (χ1) is 13.6. The van der Waals surface area contributed by atoms with Crippen molar-refractivity contribution in [2.45, 2.75) is 39.3 Å². The molecule has 0 bridgehead atoms. The van der Waals surface area contributed by atoms with Crippen LogP contribution < -0.4 is 0 Å². The molecule has 0 saturated heterocycles. The molecular weight excluding hydrogens is 423 g/mol. The van der Waals surface area contributed by atoms with E-state index in [1.165, 1.54) is 31.0 Å². The number of pyridine rings is 1. The Bertz CT molecular complexity index is 1010. The summed E-state index contributed by atoms with van der Waals surface area (Å²) in [6, 6.07) is 8.21. The van der Waals surface area contributed by atoms with Gasteiger partial charge in [0.1, 0.15) is 17.2 Å². The van der Waals surface area contributed by atoms with Gasteiger partial charge >= 0.3 is 0 Å². The van der Waals surface area contributed by atoms with Crippen LogP contribution in [0.2, 0.25) is 0 Å². The Morgan fingerprint density at radius 1 is 1.36 bits per heavy atom. The van der Waals surface area contributed by atoms with Crippen LogP contribution >= 0.6 is 15.9 Å². The number of carbonyl (C=O) groups is 1. The van der Waals surface area contributed by atoms with Gasteiger partial charge in [-0.25, -0.2) is 14.4 Å². The van der Waals surface area contributed by atoms with Crippen molar-refractivity contribution in [1.82, 2.24) is 19.4 Å². The van der Waals surface area contributed by atoms with E-state index < -0.39 is 0 Å². The molecule has 1 fully saturated rings. The van der Waals surface area contributed by atoms with E-state index in [0.29, 0.717) is 29.0 Å². The number of aromatic nitrogens is 3. The van der Waals surface area contributed by atoms with E-state index in [1.54, 1.807) is 11.1 Å². The highest BCUT2D eigenvalue weighted by Gasteiger charge is 2.26. The number of benzene rings is 1. The highest BCUT2D eigenvalue weighted by Crippen LogP contribution is 2.32. The zero-order valence-corrected chi connectivity index (χ0v) is 17.3. The van der Waals surface area contributed by atoms with Gasteiger partial charge in [0.15, 0.2) is 5.65 Å². The molecule has 0 atom stereocenters. The molecule has 1 aliphatic carbocycles. The van der Waals surface area contributed by atoms with Crippen LogP contribution in [0.25, 0.3) is 11.2 Å². The summed E-state index contributed by atoms with van der Waals surface area (Å²) < 4.78 is 16.0. The molecular formula is C21H22BrFN4O. The van der Waals surface area contributed by atoms with Crippen LogP contribution in [-0.4, -0.2) is 31.9 Å². The van der Waals surface area contributed by atoms with Crippen LogP contribution in [0.4, 0.5) is 4.39 Å². The molecule has 1 saturated carbocycles. The summed E-state index contributed by atoms with van der Waals surface area (Å²) in [5.41, 5.74) is 2.19. The van der Waals surface area contributed by atoms with E-state index >= 15 is 0 Å². The predicted octanol–water partition coefficient (Wildman–Crippen LogP) is 4.80. The van der Waals surface area contributed by atoms with E-state index in [-0.39, 0.29) is 11.7 Å². The van der Waals surface area contributed by atoms with Crippen LogP contribution in [-0.2, 0) is 13.1 Å². The van der Waals surface area contributed by atoms with Gasteiger partial charge in [-0.15, -0.1) is 0 Å². The number of imidazole rings is 1. The van der Waals surface area contributed by atoms with E-state index in [2.05, 4.69) is 25.5 Å². The highest BCUT2D eigenvalue weighted by molar-refractivity contribution is 9.10. The SMILES string of the molecule is CCCN(Cc1nc2cccnc2n1CC1CC1)C(=O)c1ccc(F)c(Br)c1. The minimum absolute atomic E-state index is 0.125. The normalized spacial score (nSPS) is 13.8. The number of carbonyl (C=O) groups excluding carboxylic acids is 1. The Hall–Kier alpha value is -2.28. The lowest BCUT2D eigenvalue weighted by Crippen LogP contribution is -2.32. The maximum Gasteiger partial charge on any atom is 0.254 e. The molecule has 1 aromatic carbocycles. The molecule has 146 valence electrons. The molecule has 0 spiro atoms. The maximum atomic E-state index is 13.6. The predicted molar refractivity (Wildman–Crippen MR) is 109 cm³/mol. The summed E-state index contributed by atoms with van der Waals surface area (Å²) in [4.78, 5) is 24.1. The summed E-state index contributed by atoms with van der Waals surface area (Å²) in [6.45, 7) is 3.94. The number of fused-ring (bicyclic) bond motifs is 1. The monoisotopic (exact) mass is 444 g/mol. The van der Waals surface area contributed by atoms with Gasteiger partial charge in [-0.05, 0) is 71.4 Å². The molecule has 1 aliphatic rings. The topological polar surface area (TPSA) is 51.0 Å². The minimum atomic E-state index is -0.379. The highest BCUT2D eigenvalue weighted by atomic mass is 79.9. The quantitative estimate of drug-likeness (QED) is 0.525. The second-order valence-corrected chi connectivity index (χ2v) is 8.14. The lowest BCUT2D eigenvalue weighted by atomic mass is 10.2. The third kappa shape index (κ3) is 3.94. The van der Waals surface area contributed by atoms with Gasteiger partial charge in [0.25, 0.3) is 5.91 Å². The molecule has 5 nitrogen and oxygen atoms in total. The van der Waals surface area contributed by atoms with Crippen molar-refractivity contribution < 1.29 is 9.18 Å². The Morgan fingerprint density at radius 3 is 2.89 bits per heavy atom. The fourth-order valence-corrected chi connectivity index (χ4v) is 3.76. The lowest BCUT2D eigenvalue weighted by Gasteiger charge is -2.22. The van der Waals surface area contributed by atoms with Gasteiger partial charge in [-0.3, -0.25) is 4.79 Å². The van der Waals surface area contributed by atoms with Crippen molar-refractivity contribution in [3.63, 3.8) is 0 Å². The van der Waals surface area contributed by atoms with Gasteiger partial charge in [0.05, 0.1) is 11.0 Å². The van der Waals surface area contributed by atoms with E-state index in [9.17, 15) is 9.18 Å². The zero-order chi connectivity index (χ0) is 19.7. The average Bonchev–Trinajstić information content (AvgIpc) is 3.45. The lowest BCUT2D eigenvalue weighted by molar-refractivity contribution is 0.0737. The Morgan fingerprint density at radius 2 is 2.18 bits per heavy atom. The molecule has 3 aromatic rings. The van der Waals surface area contributed by atoms with Crippen molar-refractivity contribution in [3.05, 3.63) is 58.2 Å². The van der Waals surface area contributed by atoms with Crippen molar-refractivity contribution in [3.8, 4) is 0 Å². The average molecular weight is 445 g/mol. The van der Waals surface area contributed by atoms with Crippen LogP contribution in [0.3, 0.4) is 0 Å². The van der Waals surface area contributed by atoms with Crippen molar-refractivity contribution in [1.29, 1.82) is 0 Å². The molecule has 0 aliphatic heterocycles. The number of hydrogen-bond acceptors (Lipinski definition) is 3. The molecule has 28 heavy (non-hydrogen) atoms. The third-order valence-corrected chi connectivity index (χ3v) is 5.61. The zero-order valence-electron chi connectivity index (χ0n) is 15.7. The van der Waals surface area contributed by atoms with Gasteiger partial charge in [0.2, 0.25) is 0 Å². The fourth-order valence-electron chi connectivity index (χ4n) is 3.38. The number of hydrogen-bond donors (Lipinski definition) is 0. The summed E-state index contributed by atoms with van der Waals surface area (Å²) in [5, 5.41) is 0. The van der Waals surface area contributed by atoms with Gasteiger partial charge in [-0.2, -0.15) is 0 Å². The molecule has 7 heteroatoms. The molecule has 0 unspecified atom stereocenters. The van der Waals surface area contributed by atoms with Crippen molar-refractivity contribution in [2.75, 3.05) is 6.54 Å². The Kier molecular flexibility index (Phi) is 5.44. The minimum Gasteiger partial charge on any atom is -0.331 e. The van der Waals surface area contributed by atoms with Crippen LogP contribution in [0, 0.1) is 11.7 Å². The smallest absolute Gasteiger partial charge is 0.254 e. The number of amides is 1. The first-order valence-corrected chi connectivity index (χ1v) is 10.4. The third-order valence-electron chi connectivity index (χ3n) is 5.00. The maximum absolute atomic E-state index is 13.6. The first kappa shape index (κ1) is 19.1. The molecule has 0 N–H and O–H groups in total. The molecule has 0 radical (unpaired) electrons. The molecule has 2 aromatic heterocycles. The summed E-state index contributed by atoms with van der Waals surface area (Å²) in [7, 11) is 0. The number of halogens is 2. The number of rotatable bonds is 7.